The van der Waals surface area contributed by atoms with Crippen molar-refractivity contribution in [2.75, 3.05) is 6.54 Å². The van der Waals surface area contributed by atoms with Crippen molar-refractivity contribution in [2.45, 2.75) is 25.8 Å². The molecule has 1 N–H and O–H groups in total. The number of Topliss-reactive ketones (excluding diaryl/α,β-unsaturated/α-hetero) is 1. The maximum Gasteiger partial charge on any atom is 0.220 e. The number of hydrogen-bond acceptors (Lipinski definition) is 4. The van der Waals surface area contributed by atoms with Crippen LogP contribution in [0.2, 0.25) is 4.34 Å². The van der Waals surface area contributed by atoms with E-state index in [0.717, 1.165) is 13.0 Å². The van der Waals surface area contributed by atoms with Crippen molar-refractivity contribution in [3.05, 3.63) is 40.1 Å². The molecule has 21 heavy (non-hydrogen) atoms. The highest BCUT2D eigenvalue weighted by Gasteiger charge is 2.11. The molecule has 0 saturated heterocycles. The van der Waals surface area contributed by atoms with Gasteiger partial charge in [0, 0.05) is 38.3 Å². The van der Waals surface area contributed by atoms with Crippen LogP contribution in [0.5, 0.6) is 0 Å². The van der Waals surface area contributed by atoms with Crippen molar-refractivity contribution in [2.24, 2.45) is 0 Å². The monoisotopic (exact) mass is 325 g/mol. The van der Waals surface area contributed by atoms with E-state index in [2.05, 4.69) is 10.3 Å². The summed E-state index contributed by atoms with van der Waals surface area (Å²) in [4.78, 5) is 28.0. The van der Waals surface area contributed by atoms with Crippen LogP contribution in [0.15, 0.2) is 30.9 Å². The molecule has 7 heteroatoms. The molecule has 0 saturated carbocycles. The van der Waals surface area contributed by atoms with Crippen LogP contribution in [0.25, 0.3) is 0 Å². The lowest BCUT2D eigenvalue weighted by Crippen LogP contribution is -2.25. The lowest BCUT2D eigenvalue weighted by molar-refractivity contribution is -0.121. The van der Waals surface area contributed by atoms with E-state index in [1.54, 1.807) is 24.7 Å². The third-order valence-corrected chi connectivity index (χ3v) is 4.17. The van der Waals surface area contributed by atoms with Gasteiger partial charge in [-0.05, 0) is 18.6 Å². The molecule has 2 aromatic rings. The second-order valence-corrected chi connectivity index (χ2v) is 6.25. The number of carbonyl (C=O) groups excluding carboxylic acids is 2. The smallest absolute Gasteiger partial charge is 0.220 e. The molecule has 0 unspecified atom stereocenters. The standard InChI is InChI=1S/C14H16ClN3O2S/c15-13-4-3-12(21-13)11(19)2-5-14(20)17-6-1-8-18-9-7-16-10-18/h3-4,7,9-10H,1-2,5-6,8H2,(H,17,20). The van der Waals surface area contributed by atoms with Gasteiger partial charge in [-0.1, -0.05) is 11.6 Å². The van der Waals surface area contributed by atoms with Gasteiger partial charge in [0.15, 0.2) is 5.78 Å². The number of hydrogen-bond donors (Lipinski definition) is 1. The number of ketones is 1. The fourth-order valence-corrected chi connectivity index (χ4v) is 2.82. The Balaban J connectivity index is 1.60. The van der Waals surface area contributed by atoms with Crippen molar-refractivity contribution in [1.82, 2.24) is 14.9 Å². The Bertz CT molecular complexity index is 595. The van der Waals surface area contributed by atoms with E-state index in [1.807, 2.05) is 10.8 Å². The first-order chi connectivity index (χ1) is 10.1. The van der Waals surface area contributed by atoms with Crippen LogP contribution in [-0.4, -0.2) is 27.8 Å². The number of aryl methyl sites for hydroxylation is 1. The summed E-state index contributed by atoms with van der Waals surface area (Å²) in [5.74, 6) is -0.142. The summed E-state index contributed by atoms with van der Waals surface area (Å²) >= 11 is 7.02. The summed E-state index contributed by atoms with van der Waals surface area (Å²) in [6.45, 7) is 1.41. The largest absolute Gasteiger partial charge is 0.356 e. The van der Waals surface area contributed by atoms with E-state index in [1.165, 1.54) is 11.3 Å². The molecule has 5 nitrogen and oxygen atoms in total. The van der Waals surface area contributed by atoms with Crippen molar-refractivity contribution in [1.29, 1.82) is 0 Å². The highest BCUT2D eigenvalue weighted by molar-refractivity contribution is 7.18. The first-order valence-electron chi connectivity index (χ1n) is 6.66. The average Bonchev–Trinajstić information content (AvgIpc) is 3.12. The predicted octanol–water partition coefficient (Wildman–Crippen LogP) is 2.77. The molecule has 0 aliphatic rings. The Morgan fingerprint density at radius 3 is 2.86 bits per heavy atom. The highest BCUT2D eigenvalue weighted by Crippen LogP contribution is 2.22. The minimum absolute atomic E-state index is 0.0412. The maximum atomic E-state index is 11.8. The molecule has 112 valence electrons. The molecule has 0 fully saturated rings. The summed E-state index contributed by atoms with van der Waals surface area (Å²) in [5.41, 5.74) is 0. The summed E-state index contributed by atoms with van der Waals surface area (Å²) in [6.07, 6.45) is 6.60. The molecule has 1 amide bonds. The second kappa shape index (κ2) is 7.95. The van der Waals surface area contributed by atoms with Crippen LogP contribution in [0.3, 0.4) is 0 Å². The summed E-state index contributed by atoms with van der Waals surface area (Å²) in [7, 11) is 0. The topological polar surface area (TPSA) is 64.0 Å². The maximum absolute atomic E-state index is 11.8. The molecule has 0 aliphatic heterocycles. The molecule has 2 heterocycles. The number of carbonyl (C=O) groups is 2. The van der Waals surface area contributed by atoms with Crippen LogP contribution >= 0.6 is 22.9 Å². The molecule has 0 spiro atoms. The van der Waals surface area contributed by atoms with E-state index < -0.39 is 0 Å². The number of aromatic nitrogens is 2. The normalized spacial score (nSPS) is 10.5. The first kappa shape index (κ1) is 15.7. The molecule has 0 aromatic carbocycles. The Hall–Kier alpha value is -1.66. The number of rotatable bonds is 8. The molecule has 0 bridgehead atoms. The average molecular weight is 326 g/mol. The second-order valence-electron chi connectivity index (χ2n) is 4.53. The highest BCUT2D eigenvalue weighted by atomic mass is 35.5. The quantitative estimate of drug-likeness (QED) is 0.599. The van der Waals surface area contributed by atoms with Crippen LogP contribution in [0, 0.1) is 0 Å². The summed E-state index contributed by atoms with van der Waals surface area (Å²) in [6, 6.07) is 3.38. The molecule has 0 radical (unpaired) electrons. The number of thiophene rings is 1. The van der Waals surface area contributed by atoms with E-state index in [4.69, 9.17) is 11.6 Å². The van der Waals surface area contributed by atoms with Crippen molar-refractivity contribution >= 4 is 34.6 Å². The Kier molecular flexibility index (Phi) is 5.95. The van der Waals surface area contributed by atoms with Gasteiger partial charge >= 0.3 is 0 Å². The molecule has 0 aliphatic carbocycles. The number of nitrogens with zero attached hydrogens (tertiary/aromatic N) is 2. The van der Waals surface area contributed by atoms with Gasteiger partial charge in [-0.3, -0.25) is 9.59 Å². The fraction of sp³-hybridized carbons (Fsp3) is 0.357. The van der Waals surface area contributed by atoms with E-state index >= 15 is 0 Å². The van der Waals surface area contributed by atoms with E-state index in [0.29, 0.717) is 15.8 Å². The SMILES string of the molecule is O=C(CCC(=O)c1ccc(Cl)s1)NCCCn1ccnc1. The zero-order valence-corrected chi connectivity index (χ0v) is 13.0. The number of halogens is 1. The van der Waals surface area contributed by atoms with Gasteiger partial charge in [0.05, 0.1) is 15.5 Å². The van der Waals surface area contributed by atoms with Gasteiger partial charge in [0.25, 0.3) is 0 Å². The van der Waals surface area contributed by atoms with E-state index in [9.17, 15) is 9.59 Å². The minimum Gasteiger partial charge on any atom is -0.356 e. The third-order valence-electron chi connectivity index (χ3n) is 2.90. The number of amides is 1. The van der Waals surface area contributed by atoms with Crippen molar-refractivity contribution < 1.29 is 9.59 Å². The van der Waals surface area contributed by atoms with Gasteiger partial charge in [0.2, 0.25) is 5.91 Å². The summed E-state index contributed by atoms with van der Waals surface area (Å²) < 4.78 is 2.54. The lowest BCUT2D eigenvalue weighted by Gasteiger charge is -2.05. The number of nitrogens with one attached hydrogen (secondary N) is 1. The van der Waals surface area contributed by atoms with Gasteiger partial charge in [-0.2, -0.15) is 0 Å². The van der Waals surface area contributed by atoms with Gasteiger partial charge in [-0.15, -0.1) is 11.3 Å². The molecule has 0 atom stereocenters. The Labute approximate surface area is 131 Å². The predicted molar refractivity (Wildman–Crippen MR) is 82.7 cm³/mol. The van der Waals surface area contributed by atoms with Gasteiger partial charge in [0.1, 0.15) is 0 Å². The van der Waals surface area contributed by atoms with Crippen molar-refractivity contribution in [3.8, 4) is 0 Å². The van der Waals surface area contributed by atoms with Crippen LogP contribution in [-0.2, 0) is 11.3 Å². The molecular formula is C14H16ClN3O2S. The summed E-state index contributed by atoms with van der Waals surface area (Å²) in [5, 5.41) is 2.81. The van der Waals surface area contributed by atoms with E-state index in [-0.39, 0.29) is 24.5 Å². The molecule has 2 aromatic heterocycles. The Morgan fingerprint density at radius 1 is 1.33 bits per heavy atom. The Morgan fingerprint density at radius 2 is 2.19 bits per heavy atom. The van der Waals surface area contributed by atoms with Crippen molar-refractivity contribution in [3.63, 3.8) is 0 Å². The zero-order chi connectivity index (χ0) is 15.1. The first-order valence-corrected chi connectivity index (χ1v) is 7.85. The van der Waals surface area contributed by atoms with Crippen LogP contribution < -0.4 is 5.32 Å². The molecular weight excluding hydrogens is 310 g/mol. The fourth-order valence-electron chi connectivity index (χ4n) is 1.81. The van der Waals surface area contributed by atoms with Gasteiger partial charge in [-0.25, -0.2) is 4.98 Å². The molecule has 2 rings (SSSR count). The lowest BCUT2D eigenvalue weighted by atomic mass is 10.2. The minimum atomic E-state index is -0.100. The third kappa shape index (κ3) is 5.32. The zero-order valence-electron chi connectivity index (χ0n) is 11.4. The van der Waals surface area contributed by atoms with Crippen LogP contribution in [0.4, 0.5) is 0 Å². The van der Waals surface area contributed by atoms with Gasteiger partial charge < -0.3 is 9.88 Å². The van der Waals surface area contributed by atoms with Crippen LogP contribution in [0.1, 0.15) is 28.9 Å². The number of imidazole rings is 1.